The Kier molecular flexibility index (Phi) is 4.81. The minimum Gasteiger partial charge on any atom is -0.272 e. The van der Waals surface area contributed by atoms with E-state index >= 15 is 0 Å². The van der Waals surface area contributed by atoms with Crippen molar-refractivity contribution in [1.29, 1.82) is 0 Å². The van der Waals surface area contributed by atoms with Crippen molar-refractivity contribution in [3.05, 3.63) is 29.8 Å². The van der Waals surface area contributed by atoms with Gasteiger partial charge in [-0.15, -0.1) is 23.2 Å². The van der Waals surface area contributed by atoms with Gasteiger partial charge in [0.1, 0.15) is 4.87 Å². The molecule has 7 heteroatoms. The van der Waals surface area contributed by atoms with E-state index in [4.69, 9.17) is 23.2 Å². The molecule has 0 saturated carbocycles. The first kappa shape index (κ1) is 17.6. The van der Waals surface area contributed by atoms with Crippen molar-refractivity contribution in [2.75, 3.05) is 12.4 Å². The Balaban J connectivity index is 2.45. The van der Waals surface area contributed by atoms with Crippen LogP contribution < -0.4 is 0 Å². The van der Waals surface area contributed by atoms with Gasteiger partial charge in [0.25, 0.3) is 15.9 Å². The molecule has 1 aliphatic rings. The van der Waals surface area contributed by atoms with Gasteiger partial charge < -0.3 is 0 Å². The van der Waals surface area contributed by atoms with E-state index in [9.17, 15) is 13.2 Å². The molecular weight excluding hydrogens is 345 g/mol. The highest BCUT2D eigenvalue weighted by Gasteiger charge is 2.57. The van der Waals surface area contributed by atoms with Gasteiger partial charge in [-0.05, 0) is 25.0 Å². The van der Waals surface area contributed by atoms with Gasteiger partial charge in [-0.1, -0.05) is 31.5 Å². The van der Waals surface area contributed by atoms with Crippen LogP contribution in [0.25, 0.3) is 0 Å². The average molecular weight is 364 g/mol. The van der Waals surface area contributed by atoms with Gasteiger partial charge in [0, 0.05) is 18.3 Å². The molecule has 22 heavy (non-hydrogen) atoms. The molecule has 0 unspecified atom stereocenters. The van der Waals surface area contributed by atoms with E-state index in [2.05, 4.69) is 0 Å². The van der Waals surface area contributed by atoms with Crippen molar-refractivity contribution in [2.45, 2.75) is 30.5 Å². The summed E-state index contributed by atoms with van der Waals surface area (Å²) in [6.45, 7) is 5.47. The van der Waals surface area contributed by atoms with Crippen molar-refractivity contribution in [1.82, 2.24) is 4.31 Å². The topological polar surface area (TPSA) is 54.5 Å². The van der Waals surface area contributed by atoms with Crippen LogP contribution in [0.2, 0.25) is 0 Å². The second-order valence-corrected chi connectivity index (χ2v) is 8.72. The first-order valence-corrected chi connectivity index (χ1v) is 9.39. The second-order valence-electron chi connectivity index (χ2n) is 5.93. The summed E-state index contributed by atoms with van der Waals surface area (Å²) in [6.07, 6.45) is 0. The lowest BCUT2D eigenvalue weighted by atomic mass is 9.86. The Hall–Kier alpha value is -0.780. The van der Waals surface area contributed by atoms with Crippen molar-refractivity contribution < 1.29 is 13.2 Å². The molecule has 1 aliphatic heterocycles. The maximum atomic E-state index is 12.7. The molecule has 0 bridgehead atoms. The highest BCUT2D eigenvalue weighted by molar-refractivity contribution is 7.89. The van der Waals surface area contributed by atoms with Gasteiger partial charge in [0.05, 0.1) is 4.90 Å². The van der Waals surface area contributed by atoms with E-state index in [1.54, 1.807) is 26.0 Å². The van der Waals surface area contributed by atoms with Crippen LogP contribution in [0.4, 0.5) is 0 Å². The molecule has 0 N–H and O–H groups in total. The number of nitrogens with zero attached hydrogens (tertiary/aromatic N) is 1. The smallest absolute Gasteiger partial charge is 0.266 e. The standard InChI is InChI=1S/C15H19Cl2NO3S/c1-10(2)15(17)12(8-16)9-18(14(15)19)22(20,21)13-6-4-11(3)5-7-13/h4-7,10,12H,8-9H2,1-3H3/t12-,15-/m1/s1. The van der Waals surface area contributed by atoms with Crippen molar-refractivity contribution in [3.8, 4) is 0 Å². The van der Waals surface area contributed by atoms with Gasteiger partial charge in [0.15, 0.2) is 0 Å². The summed E-state index contributed by atoms with van der Waals surface area (Å²) in [7, 11) is -3.91. The lowest BCUT2D eigenvalue weighted by Gasteiger charge is -2.28. The fourth-order valence-electron chi connectivity index (χ4n) is 2.71. The molecule has 0 radical (unpaired) electrons. The number of rotatable bonds is 4. The molecule has 2 rings (SSSR count). The zero-order chi connectivity index (χ0) is 16.7. The van der Waals surface area contributed by atoms with Crippen LogP contribution in [0, 0.1) is 18.8 Å². The summed E-state index contributed by atoms with van der Waals surface area (Å²) in [5.74, 6) is -1.09. The van der Waals surface area contributed by atoms with Gasteiger partial charge in [-0.25, -0.2) is 12.7 Å². The van der Waals surface area contributed by atoms with Crippen molar-refractivity contribution in [3.63, 3.8) is 0 Å². The highest BCUT2D eigenvalue weighted by atomic mass is 35.5. The molecule has 0 spiro atoms. The zero-order valence-electron chi connectivity index (χ0n) is 12.7. The Morgan fingerprint density at radius 1 is 1.32 bits per heavy atom. The number of benzene rings is 1. The molecule has 0 aliphatic carbocycles. The Bertz CT molecular complexity index is 673. The number of amides is 1. The Morgan fingerprint density at radius 2 is 1.86 bits per heavy atom. The summed E-state index contributed by atoms with van der Waals surface area (Å²) >= 11 is 12.4. The van der Waals surface area contributed by atoms with Gasteiger partial charge >= 0.3 is 0 Å². The third kappa shape index (κ3) is 2.63. The summed E-state index contributed by atoms with van der Waals surface area (Å²) in [4.78, 5) is 11.5. The number of alkyl halides is 2. The summed E-state index contributed by atoms with van der Waals surface area (Å²) in [6, 6.07) is 6.39. The van der Waals surface area contributed by atoms with E-state index in [1.165, 1.54) is 12.1 Å². The van der Waals surface area contributed by atoms with Gasteiger partial charge in [-0.2, -0.15) is 0 Å². The normalized spacial score (nSPS) is 26.0. The molecule has 2 atom stereocenters. The van der Waals surface area contributed by atoms with Crippen molar-refractivity contribution >= 4 is 39.1 Å². The highest BCUT2D eigenvalue weighted by Crippen LogP contribution is 2.43. The number of hydrogen-bond acceptors (Lipinski definition) is 3. The molecule has 122 valence electrons. The molecule has 1 aromatic carbocycles. The maximum absolute atomic E-state index is 12.7. The van der Waals surface area contributed by atoms with Crippen LogP contribution in [0.1, 0.15) is 19.4 Å². The molecule has 4 nitrogen and oxygen atoms in total. The predicted octanol–water partition coefficient (Wildman–Crippen LogP) is 3.01. The van der Waals surface area contributed by atoms with E-state index in [-0.39, 0.29) is 23.2 Å². The summed E-state index contributed by atoms with van der Waals surface area (Å²) in [5.41, 5.74) is 0.944. The van der Waals surface area contributed by atoms with E-state index in [0.717, 1.165) is 9.87 Å². The minimum atomic E-state index is -3.91. The number of sulfonamides is 1. The summed E-state index contributed by atoms with van der Waals surface area (Å²) in [5, 5.41) is 0. The molecule has 1 amide bonds. The first-order chi connectivity index (χ1) is 10.2. The largest absolute Gasteiger partial charge is 0.272 e. The monoisotopic (exact) mass is 363 g/mol. The van der Waals surface area contributed by atoms with Crippen LogP contribution >= 0.6 is 23.2 Å². The molecule has 1 saturated heterocycles. The molecular formula is C15H19Cl2NO3S. The molecule has 1 fully saturated rings. The maximum Gasteiger partial charge on any atom is 0.266 e. The number of aryl methyl sites for hydroxylation is 1. The Labute approximate surface area is 141 Å². The van der Waals surface area contributed by atoms with Gasteiger partial charge in [-0.3, -0.25) is 4.79 Å². The molecule has 1 heterocycles. The third-order valence-electron chi connectivity index (χ3n) is 4.17. The SMILES string of the molecule is Cc1ccc(S(=O)(=O)N2C[C@@H](CCl)[C@](Cl)(C(C)C)C2=O)cc1. The molecule has 1 aromatic rings. The summed E-state index contributed by atoms with van der Waals surface area (Å²) < 4.78 is 26.3. The number of carbonyl (C=O) groups excluding carboxylic acids is 1. The van der Waals surface area contributed by atoms with Crippen LogP contribution in [0.5, 0.6) is 0 Å². The van der Waals surface area contributed by atoms with E-state index in [1.807, 2.05) is 6.92 Å². The first-order valence-electron chi connectivity index (χ1n) is 7.04. The number of carbonyl (C=O) groups is 1. The minimum absolute atomic E-state index is 0.0141. The van der Waals surface area contributed by atoms with Crippen LogP contribution in [-0.2, 0) is 14.8 Å². The number of halogens is 2. The Morgan fingerprint density at radius 3 is 2.27 bits per heavy atom. The van der Waals surface area contributed by atoms with Crippen molar-refractivity contribution in [2.24, 2.45) is 11.8 Å². The predicted molar refractivity (Wildman–Crippen MR) is 87.7 cm³/mol. The van der Waals surface area contributed by atoms with Gasteiger partial charge in [0.2, 0.25) is 0 Å². The zero-order valence-corrected chi connectivity index (χ0v) is 15.0. The van der Waals surface area contributed by atoms with E-state index in [0.29, 0.717) is 0 Å². The average Bonchev–Trinajstić information content (AvgIpc) is 2.73. The third-order valence-corrected chi connectivity index (χ3v) is 7.21. The van der Waals surface area contributed by atoms with E-state index < -0.39 is 26.7 Å². The van der Waals surface area contributed by atoms with Crippen LogP contribution in [0.15, 0.2) is 29.2 Å². The van der Waals surface area contributed by atoms with Crippen LogP contribution in [0.3, 0.4) is 0 Å². The van der Waals surface area contributed by atoms with Crippen LogP contribution in [-0.4, -0.2) is 35.9 Å². The lowest BCUT2D eigenvalue weighted by Crippen LogP contribution is -2.44. The number of hydrogen-bond donors (Lipinski definition) is 0. The fraction of sp³-hybridized carbons (Fsp3) is 0.533. The lowest BCUT2D eigenvalue weighted by molar-refractivity contribution is -0.127. The molecule has 0 aromatic heterocycles. The quantitative estimate of drug-likeness (QED) is 0.772. The second kappa shape index (κ2) is 6.02. The fourth-order valence-corrected chi connectivity index (χ4v) is 4.90.